The van der Waals surface area contributed by atoms with Crippen molar-refractivity contribution < 1.29 is 22.7 Å². The number of alkyl halides is 3. The summed E-state index contributed by atoms with van der Waals surface area (Å²) >= 11 is 0. The fourth-order valence-electron chi connectivity index (χ4n) is 2.52. The third-order valence-electron chi connectivity index (χ3n) is 3.56. The van der Waals surface area contributed by atoms with Gasteiger partial charge in [-0.1, -0.05) is 18.2 Å². The molecule has 5 nitrogen and oxygen atoms in total. The molecule has 24 heavy (non-hydrogen) atoms. The van der Waals surface area contributed by atoms with Crippen LogP contribution in [0.3, 0.4) is 0 Å². The molecule has 0 saturated carbocycles. The number of ether oxygens (including phenoxy) is 1. The highest BCUT2D eigenvalue weighted by atomic mass is 19.4. The molecule has 1 aromatic carbocycles. The normalized spacial score (nSPS) is 11.7. The minimum Gasteiger partial charge on any atom is -0.408 e. The van der Waals surface area contributed by atoms with Crippen LogP contribution in [0.1, 0.15) is 16.8 Å². The highest BCUT2D eigenvalue weighted by Crippen LogP contribution is 2.37. The molecule has 0 aliphatic rings. The maximum Gasteiger partial charge on any atom is 0.417 e. The van der Waals surface area contributed by atoms with Gasteiger partial charge in [-0.15, -0.1) is 0 Å². The summed E-state index contributed by atoms with van der Waals surface area (Å²) in [5.41, 5.74) is 0.711. The van der Waals surface area contributed by atoms with Gasteiger partial charge in [-0.05, 0) is 31.5 Å². The predicted molar refractivity (Wildman–Crippen MR) is 79.6 cm³/mol. The maximum atomic E-state index is 13.2. The fourth-order valence-corrected chi connectivity index (χ4v) is 2.52. The minimum atomic E-state index is -4.51. The third-order valence-corrected chi connectivity index (χ3v) is 3.56. The first-order valence-electron chi connectivity index (χ1n) is 6.97. The Kier molecular flexibility index (Phi) is 3.75. The number of aryl methyl sites for hydroxylation is 2. The number of nitrogens with zero attached hydrogens (tertiary/aromatic N) is 3. The van der Waals surface area contributed by atoms with E-state index in [-0.39, 0.29) is 23.6 Å². The van der Waals surface area contributed by atoms with Crippen molar-refractivity contribution in [2.24, 2.45) is 0 Å². The summed E-state index contributed by atoms with van der Waals surface area (Å²) in [4.78, 5) is 14.9. The van der Waals surface area contributed by atoms with E-state index in [0.717, 1.165) is 6.07 Å². The molecule has 0 amide bonds. The zero-order valence-electron chi connectivity index (χ0n) is 12.8. The van der Waals surface area contributed by atoms with Crippen LogP contribution < -0.4 is 4.74 Å². The van der Waals surface area contributed by atoms with Crippen molar-refractivity contribution in [1.29, 1.82) is 0 Å². The van der Waals surface area contributed by atoms with Crippen LogP contribution in [-0.2, 0) is 11.0 Å². The van der Waals surface area contributed by atoms with E-state index in [9.17, 15) is 18.0 Å². The number of imidazole rings is 1. The molecule has 8 heteroatoms. The smallest absolute Gasteiger partial charge is 0.408 e. The highest BCUT2D eigenvalue weighted by molar-refractivity contribution is 5.67. The van der Waals surface area contributed by atoms with Crippen LogP contribution >= 0.6 is 0 Å². The van der Waals surface area contributed by atoms with Crippen molar-refractivity contribution in [3.8, 4) is 17.1 Å². The van der Waals surface area contributed by atoms with Crippen LogP contribution in [0.2, 0.25) is 0 Å². The molecule has 124 valence electrons. The van der Waals surface area contributed by atoms with Crippen molar-refractivity contribution in [3.63, 3.8) is 0 Å². The Bertz CT molecular complexity index is 932. The SMILES string of the molecule is Cc1nc2c(C)cc(-c3ccccc3C(F)(F)F)nn2c1OC=O. The second kappa shape index (κ2) is 5.63. The zero-order valence-corrected chi connectivity index (χ0v) is 12.8. The predicted octanol–water partition coefficient (Wildman–Crippen LogP) is 3.57. The molecule has 0 N–H and O–H groups in total. The Morgan fingerprint density at radius 3 is 2.58 bits per heavy atom. The second-order valence-electron chi connectivity index (χ2n) is 5.21. The monoisotopic (exact) mass is 335 g/mol. The molecule has 0 saturated heterocycles. The van der Waals surface area contributed by atoms with E-state index in [1.807, 2.05) is 0 Å². The Hall–Kier alpha value is -2.90. The van der Waals surface area contributed by atoms with Gasteiger partial charge in [0.15, 0.2) is 5.65 Å². The van der Waals surface area contributed by atoms with Gasteiger partial charge >= 0.3 is 6.18 Å². The van der Waals surface area contributed by atoms with Gasteiger partial charge in [0.2, 0.25) is 5.88 Å². The first-order chi connectivity index (χ1) is 11.3. The first kappa shape index (κ1) is 16.0. The molecule has 0 unspecified atom stereocenters. The Balaban J connectivity index is 2.29. The number of rotatable bonds is 3. The average Bonchev–Trinajstić information content (AvgIpc) is 2.84. The number of aromatic nitrogens is 3. The molecule has 0 aliphatic carbocycles. The van der Waals surface area contributed by atoms with Gasteiger partial charge in [0.25, 0.3) is 6.47 Å². The zero-order chi connectivity index (χ0) is 17.5. The molecule has 0 atom stereocenters. The standard InChI is InChI=1S/C16H12F3N3O2/c1-9-7-13(11-5-3-4-6-12(11)16(17,18)19)21-22-14(9)20-10(2)15(22)24-8-23/h3-8H,1-2H3. The molecule has 0 aliphatic heterocycles. The summed E-state index contributed by atoms with van der Waals surface area (Å²) in [6.07, 6.45) is -4.51. The lowest BCUT2D eigenvalue weighted by atomic mass is 10.0. The third kappa shape index (κ3) is 2.60. The van der Waals surface area contributed by atoms with Gasteiger partial charge in [0, 0.05) is 5.56 Å². The molecular weight excluding hydrogens is 323 g/mol. The summed E-state index contributed by atoms with van der Waals surface area (Å²) in [6, 6.07) is 6.70. The van der Waals surface area contributed by atoms with E-state index in [2.05, 4.69) is 10.1 Å². The number of benzene rings is 1. The quantitative estimate of drug-likeness (QED) is 0.687. The van der Waals surface area contributed by atoms with Crippen LogP contribution in [0.5, 0.6) is 5.88 Å². The van der Waals surface area contributed by atoms with Crippen LogP contribution in [0.4, 0.5) is 13.2 Å². The van der Waals surface area contributed by atoms with Crippen molar-refractivity contribution >= 4 is 12.1 Å². The van der Waals surface area contributed by atoms with Crippen molar-refractivity contribution in [2.45, 2.75) is 20.0 Å². The lowest BCUT2D eigenvalue weighted by molar-refractivity contribution is -0.137. The molecule has 3 aromatic rings. The van der Waals surface area contributed by atoms with Crippen LogP contribution in [0.25, 0.3) is 16.9 Å². The van der Waals surface area contributed by atoms with Gasteiger partial charge in [0.1, 0.15) is 5.69 Å². The number of hydrogen-bond donors (Lipinski definition) is 0. The van der Waals surface area contributed by atoms with E-state index in [4.69, 9.17) is 4.74 Å². The second-order valence-corrected chi connectivity index (χ2v) is 5.21. The number of fused-ring (bicyclic) bond motifs is 1. The maximum absolute atomic E-state index is 13.2. The van der Waals surface area contributed by atoms with Crippen LogP contribution in [0.15, 0.2) is 30.3 Å². The Morgan fingerprint density at radius 2 is 1.92 bits per heavy atom. The minimum absolute atomic E-state index is 0.0570. The lowest BCUT2D eigenvalue weighted by Crippen LogP contribution is -2.08. The van der Waals surface area contributed by atoms with Gasteiger partial charge in [-0.3, -0.25) is 4.79 Å². The number of carbonyl (C=O) groups excluding carboxylic acids is 1. The number of hydrogen-bond acceptors (Lipinski definition) is 4. The summed E-state index contributed by atoms with van der Waals surface area (Å²) in [6.45, 7) is 3.55. The summed E-state index contributed by atoms with van der Waals surface area (Å²) in [5.74, 6) is 0.0782. The Labute approximate surface area is 134 Å². The van der Waals surface area contributed by atoms with Crippen molar-refractivity contribution in [3.05, 3.63) is 47.2 Å². The van der Waals surface area contributed by atoms with Crippen LogP contribution in [-0.4, -0.2) is 21.1 Å². The molecule has 0 fully saturated rings. The average molecular weight is 335 g/mol. The van der Waals surface area contributed by atoms with E-state index >= 15 is 0 Å². The largest absolute Gasteiger partial charge is 0.417 e. The van der Waals surface area contributed by atoms with Gasteiger partial charge in [-0.25, -0.2) is 4.98 Å². The summed E-state index contributed by atoms with van der Waals surface area (Å²) in [5, 5.41) is 4.19. The fraction of sp³-hybridized carbons (Fsp3) is 0.188. The highest BCUT2D eigenvalue weighted by Gasteiger charge is 2.34. The van der Waals surface area contributed by atoms with E-state index < -0.39 is 11.7 Å². The van der Waals surface area contributed by atoms with Crippen molar-refractivity contribution in [1.82, 2.24) is 14.6 Å². The van der Waals surface area contributed by atoms with Crippen molar-refractivity contribution in [2.75, 3.05) is 0 Å². The van der Waals surface area contributed by atoms with E-state index in [1.165, 1.54) is 28.8 Å². The molecule has 2 aromatic heterocycles. The molecule has 0 bridgehead atoms. The number of halogens is 3. The summed E-state index contributed by atoms with van der Waals surface area (Å²) < 4.78 is 45.8. The van der Waals surface area contributed by atoms with Crippen LogP contribution in [0, 0.1) is 13.8 Å². The Morgan fingerprint density at radius 1 is 1.21 bits per heavy atom. The van der Waals surface area contributed by atoms with Gasteiger partial charge in [0.05, 0.1) is 11.3 Å². The molecule has 0 spiro atoms. The topological polar surface area (TPSA) is 56.5 Å². The molecule has 0 radical (unpaired) electrons. The molecule has 2 heterocycles. The first-order valence-corrected chi connectivity index (χ1v) is 6.97. The van der Waals surface area contributed by atoms with Gasteiger partial charge in [-0.2, -0.15) is 22.8 Å². The van der Waals surface area contributed by atoms with E-state index in [1.54, 1.807) is 13.8 Å². The molecular formula is C16H12F3N3O2. The van der Waals surface area contributed by atoms with Gasteiger partial charge < -0.3 is 4.74 Å². The lowest BCUT2D eigenvalue weighted by Gasteiger charge is -2.13. The summed E-state index contributed by atoms with van der Waals surface area (Å²) in [7, 11) is 0. The van der Waals surface area contributed by atoms with E-state index in [0.29, 0.717) is 16.9 Å². The number of carbonyl (C=O) groups is 1. The molecule has 3 rings (SSSR count).